The highest BCUT2D eigenvalue weighted by molar-refractivity contribution is 6.10. The van der Waals surface area contributed by atoms with Crippen LogP contribution in [0.4, 0.5) is 5.69 Å². The van der Waals surface area contributed by atoms with Gasteiger partial charge < -0.3 is 10.2 Å². The van der Waals surface area contributed by atoms with E-state index in [2.05, 4.69) is 24.4 Å². The first-order chi connectivity index (χ1) is 15.0. The molecule has 0 spiro atoms. The predicted octanol–water partition coefficient (Wildman–Crippen LogP) is 3.69. The molecule has 1 fully saturated rings. The van der Waals surface area contributed by atoms with Gasteiger partial charge >= 0.3 is 0 Å². The number of para-hydroxylation sites is 1. The summed E-state index contributed by atoms with van der Waals surface area (Å²) < 4.78 is 0. The van der Waals surface area contributed by atoms with Crippen LogP contribution in [-0.4, -0.2) is 41.4 Å². The van der Waals surface area contributed by atoms with Crippen molar-refractivity contribution in [2.45, 2.75) is 51.1 Å². The van der Waals surface area contributed by atoms with Gasteiger partial charge in [0.2, 0.25) is 11.8 Å². The van der Waals surface area contributed by atoms with Gasteiger partial charge in [-0.3, -0.25) is 19.3 Å². The number of hydrogen-bond acceptors (Lipinski definition) is 3. The van der Waals surface area contributed by atoms with E-state index in [9.17, 15) is 14.4 Å². The van der Waals surface area contributed by atoms with Crippen LogP contribution in [0.15, 0.2) is 54.6 Å². The van der Waals surface area contributed by atoms with E-state index in [0.29, 0.717) is 30.6 Å². The second-order valence-corrected chi connectivity index (χ2v) is 8.49. The number of nitrogens with one attached hydrogen (secondary N) is 1. The summed E-state index contributed by atoms with van der Waals surface area (Å²) in [6.07, 6.45) is 2.10. The predicted molar refractivity (Wildman–Crippen MR) is 120 cm³/mol. The second kappa shape index (κ2) is 8.53. The summed E-state index contributed by atoms with van der Waals surface area (Å²) in [6, 6.07) is 17.4. The maximum Gasteiger partial charge on any atom is 0.257 e. The molecule has 0 aromatic heterocycles. The fourth-order valence-electron chi connectivity index (χ4n) is 4.80. The van der Waals surface area contributed by atoms with Gasteiger partial charge in [-0.2, -0.15) is 0 Å². The largest absolute Gasteiger partial charge is 0.355 e. The van der Waals surface area contributed by atoms with Gasteiger partial charge in [-0.1, -0.05) is 49.4 Å². The van der Waals surface area contributed by atoms with E-state index >= 15 is 0 Å². The van der Waals surface area contributed by atoms with Crippen molar-refractivity contribution in [2.75, 3.05) is 18.0 Å². The Bertz CT molecular complexity index is 991. The van der Waals surface area contributed by atoms with E-state index in [1.807, 2.05) is 37.3 Å². The van der Waals surface area contributed by atoms with Crippen LogP contribution in [0, 0.1) is 0 Å². The van der Waals surface area contributed by atoms with E-state index in [-0.39, 0.29) is 36.6 Å². The van der Waals surface area contributed by atoms with Gasteiger partial charge in [0.05, 0.1) is 11.3 Å². The molecule has 1 N–H and O–H groups in total. The molecule has 31 heavy (non-hydrogen) atoms. The molecular weight excluding hydrogens is 390 g/mol. The highest BCUT2D eigenvalue weighted by Crippen LogP contribution is 2.43. The highest BCUT2D eigenvalue weighted by atomic mass is 16.2. The lowest BCUT2D eigenvalue weighted by Crippen LogP contribution is -2.62. The number of benzene rings is 2. The first kappa shape index (κ1) is 21.1. The molecule has 0 saturated carbocycles. The number of amides is 3. The van der Waals surface area contributed by atoms with Crippen LogP contribution in [0.25, 0.3) is 0 Å². The van der Waals surface area contributed by atoms with Crippen LogP contribution in [-0.2, 0) is 9.59 Å². The molecule has 6 heteroatoms. The summed E-state index contributed by atoms with van der Waals surface area (Å²) in [4.78, 5) is 41.9. The number of carbonyl (C=O) groups excluding carboxylic acids is 3. The standard InChI is InChI=1S/C25H29N3O3/c1-3-18(19-9-5-4-6-10-19)17-26-22(29)14-16-27-24(31)20-11-7-8-12-21(20)28-23(30)13-15-25(27,28)2/h4-12,18H,3,13-17H2,1-2H3,(H,26,29)/t18-,25+/m1/s1. The number of carbonyl (C=O) groups is 3. The third kappa shape index (κ3) is 3.82. The summed E-state index contributed by atoms with van der Waals surface area (Å²) >= 11 is 0. The highest BCUT2D eigenvalue weighted by Gasteiger charge is 2.52. The Morgan fingerprint density at radius 2 is 1.81 bits per heavy atom. The van der Waals surface area contributed by atoms with E-state index < -0.39 is 5.66 Å². The molecule has 2 aromatic carbocycles. The van der Waals surface area contributed by atoms with E-state index in [0.717, 1.165) is 6.42 Å². The Labute approximate surface area is 183 Å². The van der Waals surface area contributed by atoms with E-state index in [4.69, 9.17) is 0 Å². The van der Waals surface area contributed by atoms with Gasteiger partial charge in [-0.15, -0.1) is 0 Å². The molecule has 2 aliphatic rings. The topological polar surface area (TPSA) is 69.7 Å². The monoisotopic (exact) mass is 419 g/mol. The van der Waals surface area contributed by atoms with Gasteiger partial charge in [0.25, 0.3) is 5.91 Å². The van der Waals surface area contributed by atoms with Crippen molar-refractivity contribution in [1.82, 2.24) is 10.2 Å². The molecule has 2 aromatic rings. The number of anilines is 1. The fraction of sp³-hybridized carbons (Fsp3) is 0.400. The Kier molecular flexibility index (Phi) is 5.81. The molecule has 2 atom stereocenters. The Morgan fingerprint density at radius 1 is 1.10 bits per heavy atom. The van der Waals surface area contributed by atoms with E-state index in [1.54, 1.807) is 21.9 Å². The minimum absolute atomic E-state index is 0.0190. The third-order valence-electron chi connectivity index (χ3n) is 6.62. The van der Waals surface area contributed by atoms with Crippen molar-refractivity contribution in [3.05, 3.63) is 65.7 Å². The number of nitrogens with zero attached hydrogens (tertiary/aromatic N) is 2. The minimum Gasteiger partial charge on any atom is -0.355 e. The van der Waals surface area contributed by atoms with Gasteiger partial charge in [0.15, 0.2) is 0 Å². The van der Waals surface area contributed by atoms with Crippen LogP contribution in [0.3, 0.4) is 0 Å². The van der Waals surface area contributed by atoms with Crippen LogP contribution in [0.5, 0.6) is 0 Å². The van der Waals surface area contributed by atoms with Gasteiger partial charge in [0.1, 0.15) is 5.66 Å². The summed E-state index contributed by atoms with van der Waals surface area (Å²) in [5.74, 6) is 0.0766. The van der Waals surface area contributed by atoms with Crippen molar-refractivity contribution in [1.29, 1.82) is 0 Å². The molecule has 1 saturated heterocycles. The van der Waals surface area contributed by atoms with Gasteiger partial charge in [-0.05, 0) is 37.5 Å². The zero-order valence-electron chi connectivity index (χ0n) is 18.1. The molecular formula is C25H29N3O3. The Balaban J connectivity index is 1.44. The molecule has 0 bridgehead atoms. The first-order valence-corrected chi connectivity index (χ1v) is 11.0. The number of rotatable bonds is 7. The number of hydrogen-bond donors (Lipinski definition) is 1. The fourth-order valence-corrected chi connectivity index (χ4v) is 4.80. The minimum atomic E-state index is -0.723. The lowest BCUT2D eigenvalue weighted by atomic mass is 9.96. The van der Waals surface area contributed by atoms with Crippen molar-refractivity contribution in [3.8, 4) is 0 Å². The zero-order chi connectivity index (χ0) is 22.0. The first-order valence-electron chi connectivity index (χ1n) is 11.0. The van der Waals surface area contributed by atoms with Crippen LogP contribution in [0.2, 0.25) is 0 Å². The van der Waals surface area contributed by atoms with Crippen LogP contribution >= 0.6 is 0 Å². The smallest absolute Gasteiger partial charge is 0.257 e. The van der Waals surface area contributed by atoms with Gasteiger partial charge in [0, 0.05) is 31.8 Å². The molecule has 162 valence electrons. The third-order valence-corrected chi connectivity index (χ3v) is 6.62. The molecule has 0 aliphatic carbocycles. The quantitative estimate of drug-likeness (QED) is 0.744. The lowest BCUT2D eigenvalue weighted by Gasteiger charge is -2.48. The molecule has 0 radical (unpaired) electrons. The molecule has 2 aliphatic heterocycles. The SMILES string of the molecule is CC[C@H](CNC(=O)CCN1C(=O)c2ccccc2N2C(=O)CC[C@@]12C)c1ccccc1. The molecule has 0 unspecified atom stereocenters. The lowest BCUT2D eigenvalue weighted by molar-refractivity contribution is -0.121. The zero-order valence-corrected chi connectivity index (χ0v) is 18.1. The summed E-state index contributed by atoms with van der Waals surface area (Å²) in [5.41, 5.74) is 1.68. The normalized spacial score (nSPS) is 21.0. The molecule has 4 rings (SSSR count). The summed E-state index contributed by atoms with van der Waals surface area (Å²) in [5, 5.41) is 3.03. The Hall–Kier alpha value is -3.15. The maximum absolute atomic E-state index is 13.2. The summed E-state index contributed by atoms with van der Waals surface area (Å²) in [7, 11) is 0. The van der Waals surface area contributed by atoms with E-state index in [1.165, 1.54) is 5.56 Å². The average molecular weight is 420 g/mol. The van der Waals surface area contributed by atoms with Crippen LogP contribution < -0.4 is 10.2 Å². The average Bonchev–Trinajstić information content (AvgIpc) is 3.10. The van der Waals surface area contributed by atoms with Crippen molar-refractivity contribution in [3.63, 3.8) is 0 Å². The Morgan fingerprint density at radius 3 is 2.55 bits per heavy atom. The van der Waals surface area contributed by atoms with Crippen LogP contribution in [0.1, 0.15) is 61.4 Å². The number of fused-ring (bicyclic) bond motifs is 3. The molecule has 2 heterocycles. The van der Waals surface area contributed by atoms with Gasteiger partial charge in [-0.25, -0.2) is 0 Å². The summed E-state index contributed by atoms with van der Waals surface area (Å²) in [6.45, 7) is 4.88. The molecule has 3 amide bonds. The van der Waals surface area contributed by atoms with Crippen molar-refractivity contribution < 1.29 is 14.4 Å². The van der Waals surface area contributed by atoms with Crippen molar-refractivity contribution >= 4 is 23.4 Å². The van der Waals surface area contributed by atoms with Crippen molar-refractivity contribution in [2.24, 2.45) is 0 Å². The second-order valence-electron chi connectivity index (χ2n) is 8.49. The molecule has 6 nitrogen and oxygen atoms in total. The maximum atomic E-state index is 13.2.